The van der Waals surface area contributed by atoms with Crippen LogP contribution in [0.15, 0.2) is 0 Å². The molecule has 27 nitrogen and oxygen atoms in total. The summed E-state index contributed by atoms with van der Waals surface area (Å²) >= 11 is 0. The maximum atomic E-state index is 10.6. The fourth-order valence-corrected chi connectivity index (χ4v) is 7.76. The van der Waals surface area contributed by atoms with Gasteiger partial charge in [0.05, 0.1) is 82.1 Å². The number of carboxylic acids is 2. The minimum absolute atomic E-state index is 0. The van der Waals surface area contributed by atoms with E-state index in [4.69, 9.17) is 18.9 Å². The molecule has 0 amide bonds. The minimum atomic E-state index is -4.80. The Kier molecular flexibility index (Phi) is 29.3. The number of hydrogen-bond acceptors (Lipinski definition) is 23. The first-order valence-corrected chi connectivity index (χ1v) is 23.6. The van der Waals surface area contributed by atoms with E-state index in [-0.39, 0.29) is 47.2 Å². The smallest absolute Gasteiger partial charge is 0.217 e. The Morgan fingerprint density at radius 2 is 1.02 bits per heavy atom. The molecule has 62 heavy (non-hydrogen) atoms. The van der Waals surface area contributed by atoms with Crippen LogP contribution in [0.2, 0.25) is 0 Å². The third kappa shape index (κ3) is 26.8. The summed E-state index contributed by atoms with van der Waals surface area (Å²) < 4.78 is 158. The van der Waals surface area contributed by atoms with E-state index in [1.807, 2.05) is 18.6 Å². The standard InChI is InChI=1S/C9H16O3.C8H14O3.C7H15NO8S2.C7H14O9S2.3H2O/c1-5-4-12-8(9(10)11)7(3)6(5)2;1-5-3-7(8(9)10)11-4-6(5)2;1-5-2-6(3-16-18(12,13)14)15-4-7(5)8-17(9,10)11;1-5-2-6(3-14-17(8,9)10)16-7(5)4-15-18(11,12)13;;;/h5-8H,4H2,1-3H3,(H,10,11);5-7H,3-4H2,1-2H3,(H,9,10);5-8H,2-4H2,1H3,(H,9,10,11)(H,12,13,14);5-7H,2-4H2,1H3,(H,8,9,10)(H,11,12,13);3*1H2/p-6. The van der Waals surface area contributed by atoms with Crippen molar-refractivity contribution in [2.45, 2.75) is 104 Å². The molecule has 0 aromatic carbocycles. The third-order valence-corrected chi connectivity index (χ3v) is 12.2. The zero-order valence-electron chi connectivity index (χ0n) is 34.9. The van der Waals surface area contributed by atoms with Crippen molar-refractivity contribution in [3.05, 3.63) is 0 Å². The number of carbonyl (C=O) groups excluding carboxylic acids is 2. The molecule has 0 aliphatic carbocycles. The molecular weight excluding hydrogens is 931 g/mol. The largest absolute Gasteiger partial charge is 0.735 e. The maximum absolute atomic E-state index is 10.6. The summed E-state index contributed by atoms with van der Waals surface area (Å²) in [6.45, 7) is 13.2. The number of nitrogens with one attached hydrogen (secondary N) is 1. The van der Waals surface area contributed by atoms with Gasteiger partial charge in [-0.3, -0.25) is 12.5 Å². The molecule has 4 heterocycles. The summed E-state index contributed by atoms with van der Waals surface area (Å²) in [7, 11) is -18.9. The zero-order valence-corrected chi connectivity index (χ0v) is 38.2. The lowest BCUT2D eigenvalue weighted by Crippen LogP contribution is -2.48. The second kappa shape index (κ2) is 28.2. The van der Waals surface area contributed by atoms with Crippen LogP contribution in [0.3, 0.4) is 0 Å². The lowest BCUT2D eigenvalue weighted by Gasteiger charge is -2.38. The highest BCUT2D eigenvalue weighted by Crippen LogP contribution is 2.30. The molecular formula is C31H59NO26S4-6. The van der Waals surface area contributed by atoms with Gasteiger partial charge in [0.1, 0.15) is 0 Å². The second-order valence-electron chi connectivity index (χ2n) is 15.0. The minimum Gasteiger partial charge on any atom is -0.735 e. The highest BCUT2D eigenvalue weighted by atomic mass is 32.3. The zero-order chi connectivity index (χ0) is 45.7. The van der Waals surface area contributed by atoms with Crippen LogP contribution in [0.25, 0.3) is 0 Å². The van der Waals surface area contributed by atoms with Gasteiger partial charge >= 0.3 is 0 Å². The van der Waals surface area contributed by atoms with Crippen molar-refractivity contribution in [3.8, 4) is 0 Å². The molecule has 7 N–H and O–H groups in total. The summed E-state index contributed by atoms with van der Waals surface area (Å²) in [5.41, 5.74) is 0. The third-order valence-electron chi connectivity index (χ3n) is 10.3. The molecule has 0 aromatic rings. The molecule has 0 bridgehead atoms. The second-order valence-corrected chi connectivity index (χ2v) is 19.3. The molecule has 0 saturated carbocycles. The SMILES string of the molecule is CC1CC(COS(=O)(=O)[O-])OC1COS(=O)(=O)[O-].CC1CC(COS(=O)(=O)[O-])OCC1NS(=O)(=O)[O-].CC1COC(C(=O)[O-])C(C)C1C.CC1COC(C(=O)[O-])CC1C.O.O.O. The topological polar surface area (TPSA) is 480 Å². The molecule has 4 aliphatic rings. The van der Waals surface area contributed by atoms with Crippen molar-refractivity contribution in [1.82, 2.24) is 4.72 Å². The van der Waals surface area contributed by atoms with Crippen LogP contribution < -0.4 is 14.9 Å². The van der Waals surface area contributed by atoms with Crippen molar-refractivity contribution >= 4 is 53.4 Å². The lowest BCUT2D eigenvalue weighted by molar-refractivity contribution is -0.323. The molecule has 4 rings (SSSR count). The van der Waals surface area contributed by atoms with Gasteiger partial charge in [0, 0.05) is 6.04 Å². The fraction of sp³-hybridized carbons (Fsp3) is 0.935. The van der Waals surface area contributed by atoms with E-state index in [0.29, 0.717) is 49.7 Å². The normalized spacial score (nSPS) is 32.5. The Hall–Kier alpha value is -1.86. The summed E-state index contributed by atoms with van der Waals surface area (Å²) in [5.74, 6) is -0.793. The van der Waals surface area contributed by atoms with Gasteiger partial charge in [-0.05, 0) is 60.7 Å². The van der Waals surface area contributed by atoms with Crippen LogP contribution in [0.5, 0.6) is 0 Å². The molecule has 4 aliphatic heterocycles. The van der Waals surface area contributed by atoms with Crippen LogP contribution >= 0.6 is 0 Å². The van der Waals surface area contributed by atoms with E-state index in [9.17, 15) is 71.7 Å². The van der Waals surface area contributed by atoms with Crippen LogP contribution in [0, 0.1) is 41.4 Å². The van der Waals surface area contributed by atoms with Gasteiger partial charge in [-0.2, -0.15) is 0 Å². The van der Waals surface area contributed by atoms with E-state index >= 15 is 0 Å². The quantitative estimate of drug-likeness (QED) is 0.133. The number of aliphatic carboxylic acids is 2. The molecule has 13 atom stereocenters. The van der Waals surface area contributed by atoms with Gasteiger partial charge in [-0.15, -0.1) is 0 Å². The molecule has 4 fully saturated rings. The lowest BCUT2D eigenvalue weighted by atomic mass is 9.80. The molecule has 4 saturated heterocycles. The summed E-state index contributed by atoms with van der Waals surface area (Å²) in [4.78, 5) is 21.0. The van der Waals surface area contributed by atoms with Gasteiger partial charge in [0.15, 0.2) is 10.3 Å². The van der Waals surface area contributed by atoms with Crippen LogP contribution in [-0.2, 0) is 82.6 Å². The Labute approximate surface area is 362 Å². The molecule has 374 valence electrons. The van der Waals surface area contributed by atoms with Gasteiger partial charge in [0.2, 0.25) is 31.2 Å². The van der Waals surface area contributed by atoms with Crippen molar-refractivity contribution in [2.24, 2.45) is 41.4 Å². The number of carboxylic acid groups (broad SMARTS) is 2. The van der Waals surface area contributed by atoms with Crippen LogP contribution in [-0.4, -0.2) is 156 Å². The van der Waals surface area contributed by atoms with Crippen LogP contribution in [0.4, 0.5) is 0 Å². The summed E-state index contributed by atoms with van der Waals surface area (Å²) in [6.07, 6.45) is -2.13. The Morgan fingerprint density at radius 3 is 1.45 bits per heavy atom. The monoisotopic (exact) mass is 989 g/mol. The van der Waals surface area contributed by atoms with Gasteiger partial charge < -0.3 is 73.4 Å². The average Bonchev–Trinajstić information content (AvgIpc) is 3.45. The van der Waals surface area contributed by atoms with Crippen molar-refractivity contribution in [3.63, 3.8) is 0 Å². The predicted octanol–water partition coefficient (Wildman–Crippen LogP) is -5.59. The highest BCUT2D eigenvalue weighted by molar-refractivity contribution is 7.83. The maximum Gasteiger partial charge on any atom is 0.217 e. The number of hydrogen-bond donors (Lipinski definition) is 1. The van der Waals surface area contributed by atoms with E-state index < -0.39 is 110 Å². The average molecular weight is 990 g/mol. The van der Waals surface area contributed by atoms with Crippen molar-refractivity contribution in [1.29, 1.82) is 0 Å². The van der Waals surface area contributed by atoms with Crippen LogP contribution in [0.1, 0.15) is 67.7 Å². The molecule has 31 heteroatoms. The van der Waals surface area contributed by atoms with Gasteiger partial charge in [0.25, 0.3) is 0 Å². The Morgan fingerprint density at radius 1 is 0.548 bits per heavy atom. The summed E-state index contributed by atoms with van der Waals surface area (Å²) in [6, 6.07) is -0.674. The number of rotatable bonds is 13. The predicted molar refractivity (Wildman–Crippen MR) is 200 cm³/mol. The van der Waals surface area contributed by atoms with Gasteiger partial charge in [-0.1, -0.05) is 48.5 Å². The number of ether oxygens (including phenoxy) is 4. The summed E-state index contributed by atoms with van der Waals surface area (Å²) in [5, 5.41) is 21.0. The van der Waals surface area contributed by atoms with Gasteiger partial charge in [-0.25, -0.2) is 38.4 Å². The van der Waals surface area contributed by atoms with E-state index in [0.717, 1.165) is 0 Å². The Bertz CT molecular complexity index is 1730. The molecule has 0 radical (unpaired) electrons. The van der Waals surface area contributed by atoms with Crippen molar-refractivity contribution < 1.29 is 120 Å². The highest BCUT2D eigenvalue weighted by Gasteiger charge is 2.34. The molecule has 0 spiro atoms. The molecule has 13 unspecified atom stereocenters. The molecule has 0 aromatic heterocycles. The van der Waals surface area contributed by atoms with E-state index in [1.54, 1.807) is 13.8 Å². The first-order chi connectivity index (χ1) is 26.8. The van der Waals surface area contributed by atoms with E-state index in [1.165, 1.54) is 0 Å². The number of carbonyl (C=O) groups is 2. The first kappa shape index (κ1) is 64.4. The first-order valence-electron chi connectivity index (χ1n) is 18.2. The van der Waals surface area contributed by atoms with Crippen molar-refractivity contribution in [2.75, 3.05) is 39.6 Å². The fourth-order valence-electron chi connectivity index (χ4n) is 6.16. The Balaban J connectivity index is -0.000000752. The van der Waals surface area contributed by atoms with E-state index in [2.05, 4.69) is 33.3 Å².